The van der Waals surface area contributed by atoms with Gasteiger partial charge in [0.2, 0.25) is 0 Å². The number of anilines is 1. The Balaban J connectivity index is 1.55. The molecule has 3 N–H and O–H groups in total. The number of fused-ring (bicyclic) bond motifs is 1. The molecule has 0 radical (unpaired) electrons. The van der Waals surface area contributed by atoms with Gasteiger partial charge >= 0.3 is 0 Å². The van der Waals surface area contributed by atoms with Crippen molar-refractivity contribution in [1.29, 1.82) is 0 Å². The van der Waals surface area contributed by atoms with Gasteiger partial charge in [-0.3, -0.25) is 4.68 Å². The van der Waals surface area contributed by atoms with Crippen LogP contribution < -0.4 is 15.4 Å². The maximum absolute atomic E-state index is 10.9. The van der Waals surface area contributed by atoms with Crippen LogP contribution in [0, 0.1) is 0 Å². The molecule has 1 aliphatic rings. The third kappa shape index (κ3) is 3.26. The van der Waals surface area contributed by atoms with Crippen molar-refractivity contribution in [2.24, 2.45) is 0 Å². The number of nitrogens with one attached hydrogen (secondary N) is 2. The van der Waals surface area contributed by atoms with Crippen molar-refractivity contribution in [3.63, 3.8) is 0 Å². The number of aromatic nitrogens is 5. The van der Waals surface area contributed by atoms with E-state index < -0.39 is 6.23 Å². The summed E-state index contributed by atoms with van der Waals surface area (Å²) in [5.74, 6) is 0.645. The Morgan fingerprint density at radius 1 is 1.37 bits per heavy atom. The van der Waals surface area contributed by atoms with E-state index in [1.54, 1.807) is 54.5 Å². The summed E-state index contributed by atoms with van der Waals surface area (Å²) in [5.41, 5.74) is 3.19. The number of halogens is 1. The van der Waals surface area contributed by atoms with Crippen molar-refractivity contribution in [3.8, 4) is 17.0 Å². The van der Waals surface area contributed by atoms with Gasteiger partial charge in [0, 0.05) is 42.3 Å². The molecule has 0 saturated carbocycles. The Kier molecular flexibility index (Phi) is 4.78. The Labute approximate surface area is 177 Å². The summed E-state index contributed by atoms with van der Waals surface area (Å²) in [4.78, 5) is 4.31. The van der Waals surface area contributed by atoms with Crippen molar-refractivity contribution in [1.82, 2.24) is 29.7 Å². The Bertz CT molecular complexity index is 1200. The van der Waals surface area contributed by atoms with E-state index >= 15 is 0 Å². The quantitative estimate of drug-likeness (QED) is 0.408. The predicted molar refractivity (Wildman–Crippen MR) is 113 cm³/mol. The highest BCUT2D eigenvalue weighted by Gasteiger charge is 2.25. The third-order valence-corrected chi connectivity index (χ3v) is 5.41. The fourth-order valence-electron chi connectivity index (χ4n) is 3.47. The summed E-state index contributed by atoms with van der Waals surface area (Å²) >= 11 is 6.25. The number of benzene rings is 1. The van der Waals surface area contributed by atoms with E-state index in [1.165, 1.54) is 0 Å². The average Bonchev–Trinajstić information content (AvgIpc) is 3.31. The number of rotatable bonds is 6. The van der Waals surface area contributed by atoms with Crippen LogP contribution in [0.1, 0.15) is 17.8 Å². The molecule has 4 aromatic rings. The van der Waals surface area contributed by atoms with Gasteiger partial charge in [-0.05, 0) is 24.3 Å². The molecule has 1 saturated heterocycles. The molecule has 0 bridgehead atoms. The summed E-state index contributed by atoms with van der Waals surface area (Å²) in [6.45, 7) is 1.68. The molecule has 1 atom stereocenters. The molecule has 30 heavy (non-hydrogen) atoms. The summed E-state index contributed by atoms with van der Waals surface area (Å²) in [5, 5.41) is 26.9. The first kappa shape index (κ1) is 18.9. The van der Waals surface area contributed by atoms with Crippen molar-refractivity contribution in [2.45, 2.75) is 12.3 Å². The highest BCUT2D eigenvalue weighted by molar-refractivity contribution is 6.31. The van der Waals surface area contributed by atoms with E-state index in [-0.39, 0.29) is 6.04 Å². The molecule has 154 valence electrons. The minimum Gasteiger partial charge on any atom is -0.496 e. The Morgan fingerprint density at radius 2 is 2.23 bits per heavy atom. The first-order valence-electron chi connectivity index (χ1n) is 9.50. The fourth-order valence-corrected chi connectivity index (χ4v) is 3.64. The van der Waals surface area contributed by atoms with Gasteiger partial charge in [-0.15, -0.1) is 0 Å². The summed E-state index contributed by atoms with van der Waals surface area (Å²) in [6, 6.07) is 7.41. The Hall–Kier alpha value is -3.14. The molecule has 10 heteroatoms. The van der Waals surface area contributed by atoms with Gasteiger partial charge in [-0.2, -0.15) is 10.2 Å². The molecule has 0 spiro atoms. The largest absolute Gasteiger partial charge is 0.496 e. The van der Waals surface area contributed by atoms with Gasteiger partial charge < -0.3 is 20.5 Å². The minimum absolute atomic E-state index is 0.250. The summed E-state index contributed by atoms with van der Waals surface area (Å²) in [6.07, 6.45) is 5.90. The molecule has 3 aromatic heterocycles. The van der Waals surface area contributed by atoms with Crippen molar-refractivity contribution >= 4 is 22.9 Å². The lowest BCUT2D eigenvalue weighted by atomic mass is 10.1. The smallest absolute Gasteiger partial charge is 0.162 e. The summed E-state index contributed by atoms with van der Waals surface area (Å²) < 4.78 is 9.03. The lowest BCUT2D eigenvalue weighted by Crippen LogP contribution is -2.43. The van der Waals surface area contributed by atoms with Crippen molar-refractivity contribution in [3.05, 3.63) is 59.6 Å². The van der Waals surface area contributed by atoms with Crippen molar-refractivity contribution in [2.75, 3.05) is 25.5 Å². The van der Waals surface area contributed by atoms with E-state index in [9.17, 15) is 5.11 Å². The normalized spacial score (nSPS) is 15.2. The second-order valence-electron chi connectivity index (χ2n) is 7.06. The van der Waals surface area contributed by atoms with E-state index in [2.05, 4.69) is 20.7 Å². The van der Waals surface area contributed by atoms with Crippen LogP contribution >= 0.6 is 11.6 Å². The molecule has 9 nitrogen and oxygen atoms in total. The van der Waals surface area contributed by atoms with E-state index in [0.29, 0.717) is 33.4 Å². The maximum atomic E-state index is 10.9. The highest BCUT2D eigenvalue weighted by atomic mass is 35.5. The number of aliphatic hydroxyl groups is 1. The van der Waals surface area contributed by atoms with Gasteiger partial charge in [-0.1, -0.05) is 11.6 Å². The second kappa shape index (κ2) is 7.60. The molecule has 4 heterocycles. The number of hydrogen-bond acceptors (Lipinski definition) is 7. The molecule has 0 amide bonds. The van der Waals surface area contributed by atoms with Crippen LogP contribution in [0.2, 0.25) is 5.02 Å². The van der Waals surface area contributed by atoms with Crippen LogP contribution in [0.4, 0.5) is 5.69 Å². The fraction of sp³-hybridized carbons (Fsp3) is 0.250. The number of ether oxygens (including phenoxy) is 1. The molecule has 1 fully saturated rings. The van der Waals surface area contributed by atoms with E-state index in [1.807, 2.05) is 10.9 Å². The molecule has 1 aliphatic heterocycles. The number of methoxy groups -OCH3 is 1. The van der Waals surface area contributed by atoms with Gasteiger partial charge in [0.15, 0.2) is 11.9 Å². The Morgan fingerprint density at radius 3 is 3.00 bits per heavy atom. The first-order valence-corrected chi connectivity index (χ1v) is 9.88. The SMILES string of the molecule is COc1ccc(Cl)cc1-c1nn(C2CNC2)cc1NC(O)c1cnn2cccnc12. The lowest BCUT2D eigenvalue weighted by Gasteiger charge is -2.27. The van der Waals surface area contributed by atoms with Gasteiger partial charge in [0.25, 0.3) is 0 Å². The van der Waals surface area contributed by atoms with E-state index in [0.717, 1.165) is 18.7 Å². The number of hydrogen-bond donors (Lipinski definition) is 3. The summed E-state index contributed by atoms with van der Waals surface area (Å²) in [7, 11) is 1.60. The zero-order valence-corrected chi connectivity index (χ0v) is 16.9. The van der Waals surface area contributed by atoms with Crippen LogP contribution in [0.5, 0.6) is 5.75 Å². The monoisotopic (exact) mass is 425 g/mol. The van der Waals surface area contributed by atoms with Crippen LogP contribution in [0.15, 0.2) is 49.1 Å². The molecule has 0 aliphatic carbocycles. The maximum Gasteiger partial charge on any atom is 0.162 e. The minimum atomic E-state index is -1.03. The third-order valence-electron chi connectivity index (χ3n) is 5.18. The average molecular weight is 426 g/mol. The zero-order chi connectivity index (χ0) is 20.7. The van der Waals surface area contributed by atoms with Crippen LogP contribution in [-0.4, -0.2) is 49.7 Å². The molecule has 5 rings (SSSR count). The van der Waals surface area contributed by atoms with Gasteiger partial charge in [0.1, 0.15) is 11.4 Å². The topological polar surface area (TPSA) is 102 Å². The number of nitrogens with zero attached hydrogens (tertiary/aromatic N) is 5. The van der Waals surface area contributed by atoms with Crippen molar-refractivity contribution < 1.29 is 9.84 Å². The van der Waals surface area contributed by atoms with Crippen LogP contribution in [0.25, 0.3) is 16.9 Å². The zero-order valence-electron chi connectivity index (χ0n) is 16.2. The first-order chi connectivity index (χ1) is 14.6. The van der Waals surface area contributed by atoms with Gasteiger partial charge in [-0.25, -0.2) is 9.50 Å². The molecule has 1 aromatic carbocycles. The second-order valence-corrected chi connectivity index (χ2v) is 7.50. The lowest BCUT2D eigenvalue weighted by molar-refractivity contribution is 0.209. The standard InChI is InChI=1S/C20H20ClN7O2/c1-30-17-4-3-12(21)7-14(17)18-16(11-28(26-18)13-8-22-9-13)25-20(29)15-10-24-27-6-2-5-23-19(15)27/h2-7,10-11,13,20,22,25,29H,8-9H2,1H3. The van der Waals surface area contributed by atoms with E-state index in [4.69, 9.17) is 21.4 Å². The molecule has 1 unspecified atom stereocenters. The van der Waals surface area contributed by atoms with Gasteiger partial charge in [0.05, 0.1) is 30.6 Å². The number of aliphatic hydroxyl groups excluding tert-OH is 1. The van der Waals surface area contributed by atoms with Crippen LogP contribution in [-0.2, 0) is 0 Å². The predicted octanol–water partition coefficient (Wildman–Crippen LogP) is 2.50. The van der Waals surface area contributed by atoms with Crippen LogP contribution in [0.3, 0.4) is 0 Å². The highest BCUT2D eigenvalue weighted by Crippen LogP contribution is 2.38. The molecular weight excluding hydrogens is 406 g/mol. The molecular formula is C20H20ClN7O2.